The Labute approximate surface area is 112 Å². The Morgan fingerprint density at radius 2 is 2.12 bits per heavy atom. The lowest BCUT2D eigenvalue weighted by molar-refractivity contribution is 0.419. The molecule has 2 nitrogen and oxygen atoms in total. The third-order valence-electron chi connectivity index (χ3n) is 4.19. The summed E-state index contributed by atoms with van der Waals surface area (Å²) >= 11 is 12.5. The number of hydrogen-bond acceptors (Lipinski definition) is 2. The van der Waals surface area contributed by atoms with E-state index in [2.05, 4.69) is 23.3 Å². The zero-order chi connectivity index (χ0) is 12.0. The van der Waals surface area contributed by atoms with Gasteiger partial charge in [0.1, 0.15) is 0 Å². The second kappa shape index (κ2) is 4.04. The van der Waals surface area contributed by atoms with Crippen molar-refractivity contribution in [1.82, 2.24) is 5.32 Å². The molecule has 92 valence electrons. The van der Waals surface area contributed by atoms with E-state index in [4.69, 9.17) is 23.2 Å². The zero-order valence-electron chi connectivity index (χ0n) is 9.89. The van der Waals surface area contributed by atoms with E-state index in [-0.39, 0.29) is 5.41 Å². The molecular weight excluding hydrogens is 255 g/mol. The molecule has 3 rings (SSSR count). The van der Waals surface area contributed by atoms with Crippen molar-refractivity contribution in [1.29, 1.82) is 0 Å². The van der Waals surface area contributed by atoms with Crippen LogP contribution in [0.1, 0.15) is 18.4 Å². The molecule has 0 amide bonds. The largest absolute Gasteiger partial charge is 0.373 e. The van der Waals surface area contributed by atoms with Crippen LogP contribution in [-0.2, 0) is 5.41 Å². The molecule has 17 heavy (non-hydrogen) atoms. The van der Waals surface area contributed by atoms with E-state index in [0.717, 1.165) is 25.3 Å². The van der Waals surface area contributed by atoms with Gasteiger partial charge in [-0.25, -0.2) is 0 Å². The van der Waals surface area contributed by atoms with Gasteiger partial charge in [-0.05, 0) is 31.0 Å². The highest BCUT2D eigenvalue weighted by Crippen LogP contribution is 2.47. The highest BCUT2D eigenvalue weighted by Gasteiger charge is 2.41. The Kier molecular flexibility index (Phi) is 2.77. The molecule has 0 aromatic heterocycles. The Hall–Kier alpha value is -0.440. The van der Waals surface area contributed by atoms with Gasteiger partial charge < -0.3 is 10.2 Å². The highest BCUT2D eigenvalue weighted by molar-refractivity contribution is 6.43. The SMILES string of the molecule is CN1CCC2(CCNC2)c2ccc(Cl)c(Cl)c21. The van der Waals surface area contributed by atoms with Crippen LogP contribution in [0.2, 0.25) is 10.0 Å². The molecule has 1 saturated heterocycles. The molecule has 2 aliphatic rings. The van der Waals surface area contributed by atoms with Gasteiger partial charge in [-0.2, -0.15) is 0 Å². The molecule has 2 aliphatic heterocycles. The predicted molar refractivity (Wildman–Crippen MR) is 73.5 cm³/mol. The average Bonchev–Trinajstić information content (AvgIpc) is 2.78. The fraction of sp³-hybridized carbons (Fsp3) is 0.538. The zero-order valence-corrected chi connectivity index (χ0v) is 11.4. The van der Waals surface area contributed by atoms with E-state index in [9.17, 15) is 0 Å². The van der Waals surface area contributed by atoms with Crippen LogP contribution in [0, 0.1) is 0 Å². The number of nitrogens with zero attached hydrogens (tertiary/aromatic N) is 1. The van der Waals surface area contributed by atoms with Gasteiger partial charge in [-0.15, -0.1) is 0 Å². The van der Waals surface area contributed by atoms with Crippen molar-refractivity contribution in [2.75, 3.05) is 31.6 Å². The normalized spacial score (nSPS) is 27.6. The minimum Gasteiger partial charge on any atom is -0.373 e. The molecule has 1 unspecified atom stereocenters. The summed E-state index contributed by atoms with van der Waals surface area (Å²) in [5.74, 6) is 0. The first-order chi connectivity index (χ1) is 8.14. The van der Waals surface area contributed by atoms with E-state index in [1.165, 1.54) is 18.4 Å². The molecule has 4 heteroatoms. The van der Waals surface area contributed by atoms with Crippen molar-refractivity contribution < 1.29 is 0 Å². The van der Waals surface area contributed by atoms with Gasteiger partial charge in [0.25, 0.3) is 0 Å². The van der Waals surface area contributed by atoms with Crippen LogP contribution in [-0.4, -0.2) is 26.7 Å². The third kappa shape index (κ3) is 1.66. The Morgan fingerprint density at radius 3 is 2.82 bits per heavy atom. The fourth-order valence-electron chi connectivity index (χ4n) is 3.16. The van der Waals surface area contributed by atoms with Gasteiger partial charge in [-0.3, -0.25) is 0 Å². The maximum atomic E-state index is 6.37. The molecule has 1 atom stereocenters. The maximum absolute atomic E-state index is 6.37. The molecule has 1 aromatic carbocycles. The molecule has 1 aromatic rings. The summed E-state index contributed by atoms with van der Waals surface area (Å²) in [5.41, 5.74) is 2.77. The minimum absolute atomic E-state index is 0.274. The van der Waals surface area contributed by atoms with Crippen LogP contribution in [0.15, 0.2) is 12.1 Å². The number of rotatable bonds is 0. The van der Waals surface area contributed by atoms with Gasteiger partial charge >= 0.3 is 0 Å². The standard InChI is InChI=1S/C13H16Cl2N2/c1-17-7-5-13(4-6-16-8-13)9-2-3-10(14)11(15)12(9)17/h2-3,16H,4-8H2,1H3. The molecule has 0 saturated carbocycles. The lowest BCUT2D eigenvalue weighted by Crippen LogP contribution is -2.40. The van der Waals surface area contributed by atoms with Crippen LogP contribution >= 0.6 is 23.2 Å². The number of nitrogens with one attached hydrogen (secondary N) is 1. The maximum Gasteiger partial charge on any atom is 0.0828 e. The summed E-state index contributed by atoms with van der Waals surface area (Å²) in [6.07, 6.45) is 2.40. The van der Waals surface area contributed by atoms with Gasteiger partial charge in [-0.1, -0.05) is 29.3 Å². The third-order valence-corrected chi connectivity index (χ3v) is 4.99. The van der Waals surface area contributed by atoms with Crippen LogP contribution in [0.25, 0.3) is 0 Å². The van der Waals surface area contributed by atoms with Crippen LogP contribution in [0.5, 0.6) is 0 Å². The smallest absolute Gasteiger partial charge is 0.0828 e. The lowest BCUT2D eigenvalue weighted by atomic mass is 9.73. The van der Waals surface area contributed by atoms with E-state index in [1.807, 2.05) is 6.07 Å². The molecule has 1 spiro atoms. The van der Waals surface area contributed by atoms with E-state index < -0.39 is 0 Å². The van der Waals surface area contributed by atoms with Crippen molar-refractivity contribution in [2.24, 2.45) is 0 Å². The van der Waals surface area contributed by atoms with E-state index in [0.29, 0.717) is 10.0 Å². The van der Waals surface area contributed by atoms with Gasteiger partial charge in [0, 0.05) is 25.6 Å². The number of halogens is 2. The van der Waals surface area contributed by atoms with Crippen molar-refractivity contribution >= 4 is 28.9 Å². The first kappa shape index (κ1) is 11.6. The van der Waals surface area contributed by atoms with E-state index >= 15 is 0 Å². The number of anilines is 1. The quantitative estimate of drug-likeness (QED) is 0.780. The summed E-state index contributed by atoms with van der Waals surface area (Å²) in [4.78, 5) is 2.23. The highest BCUT2D eigenvalue weighted by atomic mass is 35.5. The van der Waals surface area contributed by atoms with Crippen LogP contribution in [0.4, 0.5) is 5.69 Å². The number of fused-ring (bicyclic) bond motifs is 2. The summed E-state index contributed by atoms with van der Waals surface area (Å²) in [5, 5.41) is 4.84. The summed E-state index contributed by atoms with van der Waals surface area (Å²) in [6.45, 7) is 3.21. The minimum atomic E-state index is 0.274. The van der Waals surface area contributed by atoms with Crippen LogP contribution in [0.3, 0.4) is 0 Å². The molecule has 1 N–H and O–H groups in total. The first-order valence-corrected chi connectivity index (χ1v) is 6.80. The second-order valence-electron chi connectivity index (χ2n) is 5.14. The lowest BCUT2D eigenvalue weighted by Gasteiger charge is -2.40. The monoisotopic (exact) mass is 270 g/mol. The summed E-state index contributed by atoms with van der Waals surface area (Å²) in [6, 6.07) is 4.09. The Balaban J connectivity index is 2.19. The van der Waals surface area contributed by atoms with Crippen molar-refractivity contribution in [3.8, 4) is 0 Å². The molecule has 2 heterocycles. The first-order valence-electron chi connectivity index (χ1n) is 6.04. The molecule has 0 bridgehead atoms. The summed E-state index contributed by atoms with van der Waals surface area (Å²) in [7, 11) is 2.09. The van der Waals surface area contributed by atoms with Crippen molar-refractivity contribution in [3.63, 3.8) is 0 Å². The Bertz CT molecular complexity index is 453. The van der Waals surface area contributed by atoms with Crippen molar-refractivity contribution in [2.45, 2.75) is 18.3 Å². The Morgan fingerprint density at radius 1 is 1.29 bits per heavy atom. The fourth-order valence-corrected chi connectivity index (χ4v) is 3.62. The molecule has 1 fully saturated rings. The van der Waals surface area contributed by atoms with Crippen molar-refractivity contribution in [3.05, 3.63) is 27.7 Å². The number of hydrogen-bond donors (Lipinski definition) is 1. The molecule has 0 aliphatic carbocycles. The predicted octanol–water partition coefficient (Wildman–Crippen LogP) is 3.06. The number of benzene rings is 1. The topological polar surface area (TPSA) is 15.3 Å². The average molecular weight is 271 g/mol. The molecular formula is C13H16Cl2N2. The van der Waals surface area contributed by atoms with Gasteiger partial charge in [0.05, 0.1) is 15.7 Å². The summed E-state index contributed by atoms with van der Waals surface area (Å²) < 4.78 is 0. The molecule has 0 radical (unpaired) electrons. The van der Waals surface area contributed by atoms with Crippen LogP contribution < -0.4 is 10.2 Å². The van der Waals surface area contributed by atoms with Gasteiger partial charge in [0.15, 0.2) is 0 Å². The van der Waals surface area contributed by atoms with E-state index in [1.54, 1.807) is 0 Å². The van der Waals surface area contributed by atoms with Gasteiger partial charge in [0.2, 0.25) is 0 Å². The second-order valence-corrected chi connectivity index (χ2v) is 5.92.